The summed E-state index contributed by atoms with van der Waals surface area (Å²) in [6, 6.07) is 17.7. The van der Waals surface area contributed by atoms with Gasteiger partial charge in [-0.25, -0.2) is 14.9 Å². The van der Waals surface area contributed by atoms with Crippen LogP contribution in [0, 0.1) is 0 Å². The third kappa shape index (κ3) is 4.95. The second-order valence-electron chi connectivity index (χ2n) is 9.70. The van der Waals surface area contributed by atoms with E-state index in [1.54, 1.807) is 26.6 Å². The van der Waals surface area contributed by atoms with Crippen LogP contribution in [0.1, 0.15) is 50.7 Å². The van der Waals surface area contributed by atoms with Crippen LogP contribution in [-0.2, 0) is 0 Å². The Kier molecular flexibility index (Phi) is 7.31. The van der Waals surface area contributed by atoms with Crippen LogP contribution in [0.15, 0.2) is 79.4 Å². The minimum atomic E-state index is 0.238. The van der Waals surface area contributed by atoms with Crippen LogP contribution in [-0.4, -0.2) is 43.3 Å². The molecule has 0 aliphatic rings. The Morgan fingerprint density at radius 1 is 0.641 bits per heavy atom. The highest BCUT2D eigenvalue weighted by Gasteiger charge is 2.27. The highest BCUT2D eigenvalue weighted by molar-refractivity contribution is 5.75. The Bertz CT molecular complexity index is 1460. The first kappa shape index (κ1) is 26.0. The number of para-hydroxylation sites is 1. The molecule has 0 atom stereocenters. The maximum absolute atomic E-state index is 5.54. The van der Waals surface area contributed by atoms with E-state index in [1.807, 2.05) is 62.8 Å². The van der Waals surface area contributed by atoms with Crippen molar-refractivity contribution in [3.63, 3.8) is 0 Å². The summed E-state index contributed by atoms with van der Waals surface area (Å²) in [7, 11) is 3.28. The van der Waals surface area contributed by atoms with Gasteiger partial charge in [-0.2, -0.15) is 9.97 Å². The van der Waals surface area contributed by atoms with E-state index in [9.17, 15) is 0 Å². The summed E-state index contributed by atoms with van der Waals surface area (Å²) in [5.41, 5.74) is 3.29. The van der Waals surface area contributed by atoms with Gasteiger partial charge in [0.2, 0.25) is 11.9 Å². The van der Waals surface area contributed by atoms with Crippen molar-refractivity contribution < 1.29 is 9.47 Å². The van der Waals surface area contributed by atoms with Crippen LogP contribution in [0.2, 0.25) is 0 Å². The molecule has 0 saturated carbocycles. The minimum Gasteiger partial charge on any atom is -0.482 e. The second kappa shape index (κ2) is 11.0. The molecule has 0 unspecified atom stereocenters. The topological polar surface area (TPSA) is 83.1 Å². The number of hydrogen-bond donors (Lipinski definition) is 0. The van der Waals surface area contributed by atoms with Crippen molar-refractivity contribution in [2.24, 2.45) is 0 Å². The molecular formula is C30H33N7O2. The smallest absolute Gasteiger partial charge is 0.239 e. The summed E-state index contributed by atoms with van der Waals surface area (Å²) < 4.78 is 14.8. The van der Waals surface area contributed by atoms with Gasteiger partial charge in [-0.15, -0.1) is 0 Å². The molecule has 0 aliphatic heterocycles. The van der Waals surface area contributed by atoms with Crippen molar-refractivity contribution in [1.82, 2.24) is 29.1 Å². The van der Waals surface area contributed by atoms with Crippen LogP contribution < -0.4 is 14.4 Å². The van der Waals surface area contributed by atoms with Crippen LogP contribution in [0.25, 0.3) is 11.6 Å². The van der Waals surface area contributed by atoms with E-state index in [0.717, 1.165) is 16.8 Å². The molecule has 4 aromatic heterocycles. The van der Waals surface area contributed by atoms with Crippen LogP contribution >= 0.6 is 0 Å². The number of anilines is 3. The predicted octanol–water partition coefficient (Wildman–Crippen LogP) is 6.58. The molecule has 9 heteroatoms. The highest BCUT2D eigenvalue weighted by Crippen LogP contribution is 2.41. The first-order valence-electron chi connectivity index (χ1n) is 12.9. The van der Waals surface area contributed by atoms with Crippen molar-refractivity contribution >= 4 is 17.6 Å². The maximum Gasteiger partial charge on any atom is 0.239 e. The van der Waals surface area contributed by atoms with E-state index in [1.165, 1.54) is 0 Å². The Labute approximate surface area is 228 Å². The van der Waals surface area contributed by atoms with E-state index in [0.29, 0.717) is 35.3 Å². The normalized spacial score (nSPS) is 11.3. The van der Waals surface area contributed by atoms with Crippen LogP contribution in [0.4, 0.5) is 17.6 Å². The Morgan fingerprint density at radius 3 is 1.51 bits per heavy atom. The van der Waals surface area contributed by atoms with Crippen molar-refractivity contribution in [2.45, 2.75) is 39.5 Å². The molecule has 4 heterocycles. The predicted molar refractivity (Wildman–Crippen MR) is 152 cm³/mol. The molecule has 5 rings (SSSR count). The molecule has 0 fully saturated rings. The molecule has 0 amide bonds. The van der Waals surface area contributed by atoms with Crippen LogP contribution in [0.3, 0.4) is 0 Å². The van der Waals surface area contributed by atoms with Gasteiger partial charge in [0.05, 0.1) is 19.9 Å². The second-order valence-corrected chi connectivity index (χ2v) is 9.70. The molecule has 1 aromatic carbocycles. The van der Waals surface area contributed by atoms with E-state index < -0.39 is 0 Å². The van der Waals surface area contributed by atoms with Crippen molar-refractivity contribution in [3.05, 3.63) is 90.5 Å². The molecule has 0 saturated heterocycles. The minimum absolute atomic E-state index is 0.238. The van der Waals surface area contributed by atoms with Gasteiger partial charge in [-0.1, -0.05) is 45.9 Å². The molecule has 0 bridgehead atoms. The zero-order valence-electron chi connectivity index (χ0n) is 23.1. The Morgan fingerprint density at radius 2 is 1.10 bits per heavy atom. The summed E-state index contributed by atoms with van der Waals surface area (Å²) >= 11 is 0. The highest BCUT2D eigenvalue weighted by atomic mass is 16.5. The number of ether oxygens (including phenoxy) is 2. The Balaban J connectivity index is 1.77. The van der Waals surface area contributed by atoms with Crippen molar-refractivity contribution in [3.8, 4) is 23.4 Å². The van der Waals surface area contributed by atoms with Gasteiger partial charge in [0, 0.05) is 36.9 Å². The first-order chi connectivity index (χ1) is 18.9. The first-order valence-corrected chi connectivity index (χ1v) is 12.9. The third-order valence-corrected chi connectivity index (χ3v) is 6.56. The molecule has 9 nitrogen and oxygen atoms in total. The molecule has 39 heavy (non-hydrogen) atoms. The summed E-state index contributed by atoms with van der Waals surface area (Å²) in [6.45, 7) is 8.74. The van der Waals surface area contributed by atoms with E-state index in [4.69, 9.17) is 29.4 Å². The fraction of sp³-hybridized carbons (Fsp3) is 0.267. The molecule has 0 N–H and O–H groups in total. The lowest BCUT2D eigenvalue weighted by molar-refractivity contribution is 0.389. The monoisotopic (exact) mass is 523 g/mol. The lowest BCUT2D eigenvalue weighted by Crippen LogP contribution is -2.21. The van der Waals surface area contributed by atoms with E-state index in [2.05, 4.69) is 45.9 Å². The average Bonchev–Trinajstić information content (AvgIpc) is 3.63. The maximum atomic E-state index is 5.54. The molecule has 5 aromatic rings. The van der Waals surface area contributed by atoms with Gasteiger partial charge in [-0.05, 0) is 47.2 Å². The fourth-order valence-corrected chi connectivity index (χ4v) is 4.66. The van der Waals surface area contributed by atoms with E-state index >= 15 is 0 Å². The third-order valence-electron chi connectivity index (χ3n) is 6.56. The van der Waals surface area contributed by atoms with Gasteiger partial charge in [0.25, 0.3) is 0 Å². The molecule has 0 spiro atoms. The average molecular weight is 524 g/mol. The lowest BCUT2D eigenvalue weighted by Gasteiger charge is -2.29. The largest absolute Gasteiger partial charge is 0.482 e. The van der Waals surface area contributed by atoms with Crippen LogP contribution in [0.5, 0.6) is 11.8 Å². The lowest BCUT2D eigenvalue weighted by atomic mass is 9.92. The van der Waals surface area contributed by atoms with Gasteiger partial charge in [0.1, 0.15) is 11.6 Å². The summed E-state index contributed by atoms with van der Waals surface area (Å²) in [6.07, 6.45) is 7.31. The van der Waals surface area contributed by atoms with Gasteiger partial charge < -0.3 is 9.47 Å². The molecular weight excluding hydrogens is 490 g/mol. The summed E-state index contributed by atoms with van der Waals surface area (Å²) in [4.78, 5) is 21.4. The number of nitrogens with zero attached hydrogens (tertiary/aromatic N) is 7. The number of methoxy groups -OCH3 is 2. The number of rotatable bonds is 9. The summed E-state index contributed by atoms with van der Waals surface area (Å²) in [5.74, 6) is 4.07. The van der Waals surface area contributed by atoms with Gasteiger partial charge in [0.15, 0.2) is 11.8 Å². The quantitative estimate of drug-likeness (QED) is 0.216. The van der Waals surface area contributed by atoms with Gasteiger partial charge in [-0.3, -0.25) is 9.13 Å². The summed E-state index contributed by atoms with van der Waals surface area (Å²) in [5, 5.41) is 0. The van der Waals surface area contributed by atoms with Gasteiger partial charge >= 0.3 is 0 Å². The molecule has 0 aliphatic carbocycles. The number of aromatic nitrogens is 6. The SMILES string of the molecule is COc1cccn1-c1ccnc(N(c2nccc(-n3cccc3OC)n2)c2c(C(C)C)cccc2C(C)C)n1. The molecule has 0 radical (unpaired) electrons. The van der Waals surface area contributed by atoms with Crippen molar-refractivity contribution in [1.29, 1.82) is 0 Å². The number of benzene rings is 1. The zero-order chi connectivity index (χ0) is 27.5. The Hall–Kier alpha value is -4.66. The molecule has 200 valence electrons. The standard InChI is InChI=1S/C30H33N7O2/c1-20(2)22-10-7-11-23(21(3)4)28(22)37(29-31-16-14-24(33-29)35-18-8-12-26(35)38-5)30-32-17-15-25(34-30)36-19-9-13-27(36)39-6/h7-21H,1-6H3. The fourth-order valence-electron chi connectivity index (χ4n) is 4.66. The van der Waals surface area contributed by atoms with Crippen molar-refractivity contribution in [2.75, 3.05) is 19.1 Å². The number of hydrogen-bond acceptors (Lipinski definition) is 7. The van der Waals surface area contributed by atoms with E-state index in [-0.39, 0.29) is 11.8 Å². The zero-order valence-corrected chi connectivity index (χ0v) is 23.1.